The first kappa shape index (κ1) is 17.2. The van der Waals surface area contributed by atoms with E-state index in [-0.39, 0.29) is 7.43 Å². The van der Waals surface area contributed by atoms with Crippen molar-refractivity contribution in [2.75, 3.05) is 19.8 Å². The normalized spacial score (nSPS) is 9.32. The number of rotatable bonds is 1. The maximum Gasteiger partial charge on any atom is 0.130 e. The Morgan fingerprint density at radius 2 is 1.11 bits per heavy atom. The van der Waals surface area contributed by atoms with Crippen LogP contribution in [-0.2, 0) is 0 Å². The highest BCUT2D eigenvalue weighted by Gasteiger charge is 1.96. The second-order valence-electron chi connectivity index (χ2n) is 4.78. The van der Waals surface area contributed by atoms with Gasteiger partial charge in [-0.3, -0.25) is 0 Å². The van der Waals surface area contributed by atoms with E-state index in [0.29, 0.717) is 0 Å². The van der Waals surface area contributed by atoms with Crippen LogP contribution in [0.2, 0.25) is 0 Å². The Morgan fingerprint density at radius 1 is 0.737 bits per heavy atom. The van der Waals surface area contributed by atoms with Crippen molar-refractivity contribution in [3.05, 3.63) is 59.7 Å². The molecule has 2 aromatic rings. The lowest BCUT2D eigenvalue weighted by Crippen LogP contribution is -3.00. The van der Waals surface area contributed by atoms with E-state index in [1.54, 1.807) is 0 Å². The lowest BCUT2D eigenvalue weighted by Gasteiger charge is -2.05. The van der Waals surface area contributed by atoms with Crippen LogP contribution in [-0.4, -0.2) is 14.1 Å². The molecule has 0 aliphatic heterocycles. The van der Waals surface area contributed by atoms with Crippen molar-refractivity contribution in [3.63, 3.8) is 0 Å². The maximum absolute atomic E-state index is 5.43. The van der Waals surface area contributed by atoms with E-state index >= 15 is 0 Å². The second kappa shape index (κ2) is 8.33. The summed E-state index contributed by atoms with van der Waals surface area (Å²) < 4.78 is 0. The molecule has 0 radical (unpaired) electrons. The molecule has 0 saturated carbocycles. The largest absolute Gasteiger partial charge is 0.399 e. The molecule has 0 amide bonds. The number of nitrogens with one attached hydrogen (secondary N) is 1. The monoisotopic (exact) mass is 259 g/mol. The fraction of sp³-hybridized carbons (Fsp3) is 0.294. The van der Waals surface area contributed by atoms with Gasteiger partial charge < -0.3 is 10.6 Å². The Morgan fingerprint density at radius 3 is 1.42 bits per heavy atom. The third-order valence-electron chi connectivity index (χ3n) is 2.71. The van der Waals surface area contributed by atoms with Crippen LogP contribution in [0.1, 0.15) is 18.6 Å². The predicted molar refractivity (Wildman–Crippen MR) is 86.0 cm³/mol. The van der Waals surface area contributed by atoms with Crippen molar-refractivity contribution >= 4 is 11.4 Å². The Kier molecular flexibility index (Phi) is 7.54. The van der Waals surface area contributed by atoms with Crippen molar-refractivity contribution in [1.29, 1.82) is 0 Å². The lowest BCUT2D eigenvalue weighted by molar-refractivity contribution is -0.786. The fourth-order valence-corrected chi connectivity index (χ4v) is 1.45. The molecule has 2 heteroatoms. The zero-order valence-electron chi connectivity index (χ0n) is 11.7. The minimum absolute atomic E-state index is 0. The summed E-state index contributed by atoms with van der Waals surface area (Å²) in [6, 6.07) is 16.4. The molecular weight excluding hydrogens is 232 g/mol. The zero-order chi connectivity index (χ0) is 13.5. The molecule has 0 spiro atoms. The van der Waals surface area contributed by atoms with Gasteiger partial charge in [0.15, 0.2) is 0 Å². The van der Waals surface area contributed by atoms with Crippen LogP contribution in [0.25, 0.3) is 0 Å². The molecule has 2 nitrogen and oxygen atoms in total. The van der Waals surface area contributed by atoms with E-state index in [1.807, 2.05) is 31.2 Å². The number of hydrogen-bond donors (Lipinski definition) is 2. The van der Waals surface area contributed by atoms with Crippen LogP contribution in [0.15, 0.2) is 48.5 Å². The van der Waals surface area contributed by atoms with E-state index in [0.717, 1.165) is 5.69 Å². The molecule has 19 heavy (non-hydrogen) atoms. The number of hydrogen-bond acceptors (Lipinski definition) is 1. The van der Waals surface area contributed by atoms with Gasteiger partial charge in [0.2, 0.25) is 0 Å². The summed E-state index contributed by atoms with van der Waals surface area (Å²) in [5.41, 5.74) is 10.2. The molecule has 0 atom stereocenters. The smallest absolute Gasteiger partial charge is 0.130 e. The third-order valence-corrected chi connectivity index (χ3v) is 2.71. The number of quaternary nitrogens is 1. The minimum atomic E-state index is 0. The standard InChI is InChI=1S/C9H13N.C7H9N.CH4/c1-8-4-6-9(7-5-8)10(2)3;1-6-2-4-7(8)5-3-6;/h4-7H,1-3H3;2-5H,8H2,1H3;1H4/p+1. The molecule has 0 aromatic heterocycles. The maximum atomic E-state index is 5.43. The van der Waals surface area contributed by atoms with E-state index in [2.05, 4.69) is 45.3 Å². The van der Waals surface area contributed by atoms with Crippen molar-refractivity contribution in [2.45, 2.75) is 21.3 Å². The van der Waals surface area contributed by atoms with Gasteiger partial charge in [0, 0.05) is 5.69 Å². The SMILES string of the molecule is C.Cc1ccc(N)cc1.Cc1ccc([NH+](C)C)cc1. The fourth-order valence-electron chi connectivity index (χ4n) is 1.45. The average molecular weight is 259 g/mol. The van der Waals surface area contributed by atoms with Gasteiger partial charge >= 0.3 is 0 Å². The molecule has 0 unspecified atom stereocenters. The van der Waals surface area contributed by atoms with Crippen molar-refractivity contribution in [1.82, 2.24) is 0 Å². The predicted octanol–water partition coefficient (Wildman–Crippen LogP) is 2.98. The molecule has 104 valence electrons. The topological polar surface area (TPSA) is 30.5 Å². The molecule has 0 saturated heterocycles. The first-order valence-corrected chi connectivity index (χ1v) is 6.18. The van der Waals surface area contributed by atoms with Gasteiger partial charge in [0.05, 0.1) is 14.1 Å². The van der Waals surface area contributed by atoms with E-state index in [4.69, 9.17) is 5.73 Å². The van der Waals surface area contributed by atoms with Crippen LogP contribution in [0.3, 0.4) is 0 Å². The first-order valence-electron chi connectivity index (χ1n) is 6.18. The molecule has 2 rings (SSSR count). The highest BCUT2D eigenvalue weighted by molar-refractivity contribution is 5.38. The van der Waals surface area contributed by atoms with Crippen LogP contribution < -0.4 is 10.6 Å². The van der Waals surface area contributed by atoms with Gasteiger partial charge in [-0.15, -0.1) is 0 Å². The van der Waals surface area contributed by atoms with Gasteiger partial charge in [-0.05, 0) is 38.1 Å². The van der Waals surface area contributed by atoms with Crippen LogP contribution in [0, 0.1) is 13.8 Å². The van der Waals surface area contributed by atoms with Gasteiger partial charge in [0.1, 0.15) is 5.69 Å². The molecular formula is C17H27N2+. The Hall–Kier alpha value is -1.80. The summed E-state index contributed by atoms with van der Waals surface area (Å²) in [5.74, 6) is 0. The van der Waals surface area contributed by atoms with Gasteiger partial charge in [-0.1, -0.05) is 42.8 Å². The van der Waals surface area contributed by atoms with Crippen molar-refractivity contribution < 1.29 is 4.90 Å². The Labute approximate surface area is 117 Å². The van der Waals surface area contributed by atoms with Crippen LogP contribution in [0.4, 0.5) is 11.4 Å². The molecule has 3 N–H and O–H groups in total. The molecule has 0 aliphatic rings. The molecule has 0 bridgehead atoms. The molecule has 2 aromatic carbocycles. The summed E-state index contributed by atoms with van der Waals surface area (Å²) in [7, 11) is 4.26. The van der Waals surface area contributed by atoms with Gasteiger partial charge in [-0.25, -0.2) is 0 Å². The van der Waals surface area contributed by atoms with Crippen molar-refractivity contribution in [3.8, 4) is 0 Å². The Balaban J connectivity index is 0.000000331. The zero-order valence-corrected chi connectivity index (χ0v) is 11.7. The number of nitrogens with two attached hydrogens (primary N) is 1. The summed E-state index contributed by atoms with van der Waals surface area (Å²) >= 11 is 0. The molecule has 0 aliphatic carbocycles. The quantitative estimate of drug-likeness (QED) is 0.758. The highest BCUT2D eigenvalue weighted by Crippen LogP contribution is 2.02. The van der Waals surface area contributed by atoms with Gasteiger partial charge in [0.25, 0.3) is 0 Å². The minimum Gasteiger partial charge on any atom is -0.399 e. The number of benzene rings is 2. The number of anilines is 1. The van der Waals surface area contributed by atoms with Crippen molar-refractivity contribution in [2.24, 2.45) is 0 Å². The summed E-state index contributed by atoms with van der Waals surface area (Å²) in [5, 5.41) is 0. The van der Waals surface area contributed by atoms with Crippen LogP contribution >= 0.6 is 0 Å². The second-order valence-corrected chi connectivity index (χ2v) is 4.78. The summed E-state index contributed by atoms with van der Waals surface area (Å²) in [4.78, 5) is 1.38. The molecule has 0 heterocycles. The number of aryl methyl sites for hydroxylation is 2. The highest BCUT2D eigenvalue weighted by atomic mass is 15.1. The molecule has 0 fully saturated rings. The average Bonchev–Trinajstić information content (AvgIpc) is 2.34. The van der Waals surface area contributed by atoms with E-state index in [1.165, 1.54) is 21.7 Å². The third kappa shape index (κ3) is 6.63. The summed E-state index contributed by atoms with van der Waals surface area (Å²) in [6.45, 7) is 4.15. The first-order chi connectivity index (χ1) is 8.49. The number of nitrogen functional groups attached to an aromatic ring is 1. The lowest BCUT2D eigenvalue weighted by atomic mass is 10.2. The summed E-state index contributed by atoms with van der Waals surface area (Å²) in [6.07, 6.45) is 0. The Bertz CT molecular complexity index is 435. The van der Waals surface area contributed by atoms with E-state index in [9.17, 15) is 0 Å². The van der Waals surface area contributed by atoms with Crippen LogP contribution in [0.5, 0.6) is 0 Å². The van der Waals surface area contributed by atoms with Gasteiger partial charge in [-0.2, -0.15) is 0 Å². The van der Waals surface area contributed by atoms with E-state index < -0.39 is 0 Å².